The van der Waals surface area contributed by atoms with Crippen molar-refractivity contribution in [2.45, 2.75) is 27.2 Å². The molecule has 92 valence electrons. The van der Waals surface area contributed by atoms with Gasteiger partial charge in [0.2, 0.25) is 0 Å². The van der Waals surface area contributed by atoms with Gasteiger partial charge >= 0.3 is 6.03 Å². The fourth-order valence-electron chi connectivity index (χ4n) is 0.839. The minimum atomic E-state index is -0.157. The van der Waals surface area contributed by atoms with Crippen molar-refractivity contribution >= 4 is 6.03 Å². The number of rotatable bonds is 1. The largest absolute Gasteiger partial charge is 0.341 e. The van der Waals surface area contributed by atoms with E-state index in [0.717, 1.165) is 6.42 Å². The number of nitrogens with one attached hydrogen (secondary N) is 2. The smallest absolute Gasteiger partial charge is 0.314 e. The molecule has 0 saturated heterocycles. The van der Waals surface area contributed by atoms with Crippen LogP contribution in [-0.2, 0) is 6.42 Å². The van der Waals surface area contributed by atoms with Crippen LogP contribution in [0.25, 0.3) is 0 Å². The number of urea groups is 1. The maximum Gasteiger partial charge on any atom is 0.314 e. The van der Waals surface area contributed by atoms with Gasteiger partial charge in [0.1, 0.15) is 0 Å². The summed E-state index contributed by atoms with van der Waals surface area (Å²) in [6.45, 7) is 6.16. The van der Waals surface area contributed by atoms with Gasteiger partial charge in [-0.25, -0.2) is 4.79 Å². The molecule has 0 aliphatic rings. The summed E-state index contributed by atoms with van der Waals surface area (Å²) in [6.07, 6.45) is 1.14. The highest BCUT2D eigenvalue weighted by Crippen LogP contribution is 1.96. The molecule has 0 aromatic heterocycles. The molecule has 3 nitrogen and oxygen atoms in total. The van der Waals surface area contributed by atoms with E-state index < -0.39 is 0 Å². The highest BCUT2D eigenvalue weighted by Gasteiger charge is 1.81. The highest BCUT2D eigenvalue weighted by molar-refractivity contribution is 5.72. The van der Waals surface area contributed by atoms with Crippen molar-refractivity contribution in [1.29, 1.82) is 0 Å². The molecule has 0 spiro atoms. The van der Waals surface area contributed by atoms with Gasteiger partial charge in [0.25, 0.3) is 0 Å². The van der Waals surface area contributed by atoms with Gasteiger partial charge < -0.3 is 10.6 Å². The van der Waals surface area contributed by atoms with E-state index in [4.69, 9.17) is 0 Å². The Bertz CT molecular complexity index is 241. The summed E-state index contributed by atoms with van der Waals surface area (Å²) in [5, 5.41) is 4.73. The molecule has 2 N–H and O–H groups in total. The van der Waals surface area contributed by atoms with Crippen molar-refractivity contribution in [3.8, 4) is 0 Å². The van der Waals surface area contributed by atoms with E-state index in [0.29, 0.717) is 0 Å². The third kappa shape index (κ3) is 10.6. The Morgan fingerprint density at radius 2 is 1.50 bits per heavy atom. The van der Waals surface area contributed by atoms with Crippen LogP contribution < -0.4 is 10.6 Å². The predicted octanol–water partition coefficient (Wildman–Crippen LogP) is 2.82. The molecule has 0 fully saturated rings. The normalized spacial score (nSPS) is 7.56. The Morgan fingerprint density at radius 1 is 1.06 bits per heavy atom. The van der Waals surface area contributed by atoms with Gasteiger partial charge in [-0.2, -0.15) is 0 Å². The zero-order valence-electron chi connectivity index (χ0n) is 11.0. The summed E-state index contributed by atoms with van der Waals surface area (Å²) in [6, 6.07) is 10.3. The average Bonchev–Trinajstić information content (AvgIpc) is 2.41. The van der Waals surface area contributed by atoms with Crippen LogP contribution >= 0.6 is 0 Å². The van der Waals surface area contributed by atoms with Crippen molar-refractivity contribution in [2.75, 3.05) is 14.1 Å². The number of amides is 2. The maximum atomic E-state index is 9.96. The van der Waals surface area contributed by atoms with Crippen molar-refractivity contribution in [1.82, 2.24) is 10.6 Å². The lowest BCUT2D eigenvalue weighted by molar-refractivity contribution is 0.245. The van der Waals surface area contributed by atoms with Crippen molar-refractivity contribution in [3.05, 3.63) is 35.9 Å². The second kappa shape index (κ2) is 13.5. The number of aryl methyl sites for hydroxylation is 1. The van der Waals surface area contributed by atoms with Gasteiger partial charge in [0, 0.05) is 14.1 Å². The van der Waals surface area contributed by atoms with Gasteiger partial charge in [-0.05, 0) is 12.0 Å². The minimum absolute atomic E-state index is 0.157. The Balaban J connectivity index is 0. The van der Waals surface area contributed by atoms with Crippen molar-refractivity contribution in [2.24, 2.45) is 0 Å². The first-order valence-electron chi connectivity index (χ1n) is 5.68. The zero-order valence-corrected chi connectivity index (χ0v) is 11.0. The molecule has 1 rings (SSSR count). The molecule has 2 amide bonds. The van der Waals surface area contributed by atoms with Gasteiger partial charge in [-0.15, -0.1) is 0 Å². The molecule has 0 heterocycles. The number of hydrogen-bond acceptors (Lipinski definition) is 1. The zero-order chi connectivity index (χ0) is 12.8. The van der Waals surface area contributed by atoms with E-state index in [1.807, 2.05) is 19.9 Å². The Hall–Kier alpha value is -1.51. The van der Waals surface area contributed by atoms with Crippen LogP contribution in [0.1, 0.15) is 26.3 Å². The summed E-state index contributed by atoms with van der Waals surface area (Å²) in [5.74, 6) is 0. The summed E-state index contributed by atoms with van der Waals surface area (Å²) in [4.78, 5) is 9.96. The molecule has 3 heteroatoms. The topological polar surface area (TPSA) is 41.1 Å². The van der Waals surface area contributed by atoms with Crippen LogP contribution in [0.15, 0.2) is 30.3 Å². The Kier molecular flexibility index (Phi) is 14.3. The molecule has 1 aromatic rings. The van der Waals surface area contributed by atoms with Gasteiger partial charge in [0.15, 0.2) is 0 Å². The number of carbonyl (C=O) groups is 1. The van der Waals surface area contributed by atoms with Gasteiger partial charge in [0.05, 0.1) is 0 Å². The maximum absolute atomic E-state index is 9.96. The summed E-state index contributed by atoms with van der Waals surface area (Å²) >= 11 is 0. The lowest BCUT2D eigenvalue weighted by Gasteiger charge is -1.91. The molecule has 0 radical (unpaired) electrons. The fourth-order valence-corrected chi connectivity index (χ4v) is 0.839. The van der Waals surface area contributed by atoms with Crippen LogP contribution in [0.3, 0.4) is 0 Å². The average molecular weight is 224 g/mol. The second-order valence-corrected chi connectivity index (χ2v) is 2.67. The molecule has 1 aromatic carbocycles. The fraction of sp³-hybridized carbons (Fsp3) is 0.462. The van der Waals surface area contributed by atoms with E-state index >= 15 is 0 Å². The molecule has 0 atom stereocenters. The molecule has 0 saturated carbocycles. The second-order valence-electron chi connectivity index (χ2n) is 2.67. The summed E-state index contributed by atoms with van der Waals surface area (Å²) in [5.41, 5.74) is 1.41. The first-order chi connectivity index (χ1) is 7.74. The van der Waals surface area contributed by atoms with E-state index in [1.54, 1.807) is 14.1 Å². The van der Waals surface area contributed by atoms with Crippen LogP contribution in [0.4, 0.5) is 4.79 Å². The highest BCUT2D eigenvalue weighted by atomic mass is 16.2. The molecule has 16 heavy (non-hydrogen) atoms. The number of hydrogen-bond donors (Lipinski definition) is 2. The quantitative estimate of drug-likeness (QED) is 0.756. The molecule has 0 unspecified atom stereocenters. The van der Waals surface area contributed by atoms with E-state index in [-0.39, 0.29) is 6.03 Å². The van der Waals surface area contributed by atoms with Crippen LogP contribution in [-0.4, -0.2) is 20.1 Å². The number of benzene rings is 1. The van der Waals surface area contributed by atoms with E-state index in [9.17, 15) is 4.79 Å². The summed E-state index contributed by atoms with van der Waals surface area (Å²) < 4.78 is 0. The molecule has 0 aliphatic heterocycles. The SMILES string of the molecule is CC.CCc1ccccc1.CNC(=O)NC. The lowest BCUT2D eigenvalue weighted by Crippen LogP contribution is -2.28. The number of carbonyl (C=O) groups excluding carboxylic acids is 1. The van der Waals surface area contributed by atoms with Crippen molar-refractivity contribution in [3.63, 3.8) is 0 Å². The standard InChI is InChI=1S/C8H10.C3H8N2O.C2H6/c1-2-8-6-4-3-5-7-8;1-4-3(6)5-2;1-2/h3-7H,2H2,1H3;1-2H3,(H2,4,5,6);1-2H3. The predicted molar refractivity (Wildman–Crippen MR) is 70.7 cm³/mol. The van der Waals surface area contributed by atoms with Gasteiger partial charge in [-0.3, -0.25) is 0 Å². The third-order valence-corrected chi connectivity index (χ3v) is 1.71. The summed E-state index contributed by atoms with van der Waals surface area (Å²) in [7, 11) is 3.14. The molecule has 0 aliphatic carbocycles. The van der Waals surface area contributed by atoms with Crippen molar-refractivity contribution < 1.29 is 4.79 Å². The molecule has 0 bridgehead atoms. The minimum Gasteiger partial charge on any atom is -0.341 e. The Morgan fingerprint density at radius 3 is 1.69 bits per heavy atom. The Labute approximate surface area is 99.3 Å². The monoisotopic (exact) mass is 224 g/mol. The molecular formula is C13H24N2O. The van der Waals surface area contributed by atoms with Crippen LogP contribution in [0.5, 0.6) is 0 Å². The van der Waals surface area contributed by atoms with E-state index in [1.165, 1.54) is 5.56 Å². The molecular weight excluding hydrogens is 200 g/mol. The third-order valence-electron chi connectivity index (χ3n) is 1.71. The van der Waals surface area contributed by atoms with Crippen LogP contribution in [0.2, 0.25) is 0 Å². The lowest BCUT2D eigenvalue weighted by atomic mass is 10.2. The first-order valence-corrected chi connectivity index (χ1v) is 5.68. The van der Waals surface area contributed by atoms with Gasteiger partial charge in [-0.1, -0.05) is 51.1 Å². The van der Waals surface area contributed by atoms with E-state index in [2.05, 4.69) is 41.8 Å². The first kappa shape index (κ1) is 16.9. The van der Waals surface area contributed by atoms with Crippen LogP contribution in [0, 0.1) is 0 Å².